The first-order chi connectivity index (χ1) is 14.4. The van der Waals surface area contributed by atoms with Gasteiger partial charge < -0.3 is 9.26 Å². The fraction of sp³-hybridized carbons (Fsp3) is 0.158. The van der Waals surface area contributed by atoms with Gasteiger partial charge in [-0.1, -0.05) is 11.2 Å². The van der Waals surface area contributed by atoms with Gasteiger partial charge in [0.25, 0.3) is 10.0 Å². The van der Waals surface area contributed by atoms with E-state index >= 15 is 0 Å². The topological polar surface area (TPSA) is 99.2 Å². The van der Waals surface area contributed by atoms with E-state index in [1.165, 1.54) is 0 Å². The Labute approximate surface area is 169 Å². The molecule has 2 aromatic heterocycles. The molecule has 1 N–H and O–H groups in total. The van der Waals surface area contributed by atoms with Crippen LogP contribution in [0.4, 0.5) is 14.6 Å². The molecule has 4 aromatic rings. The van der Waals surface area contributed by atoms with E-state index in [4.69, 9.17) is 9.26 Å². The van der Waals surface area contributed by atoms with Gasteiger partial charge in [-0.15, -0.1) is 0 Å². The Balaban J connectivity index is 1.59. The number of ether oxygens (including phenoxy) is 1. The summed E-state index contributed by atoms with van der Waals surface area (Å²) in [6, 6.07) is 6.34. The van der Waals surface area contributed by atoms with Crippen LogP contribution in [-0.2, 0) is 23.0 Å². The van der Waals surface area contributed by atoms with Crippen LogP contribution in [0.1, 0.15) is 11.1 Å². The molecule has 0 spiro atoms. The van der Waals surface area contributed by atoms with Crippen molar-refractivity contribution in [2.75, 3.05) is 11.3 Å². The average Bonchev–Trinajstić information content (AvgIpc) is 3.42. The van der Waals surface area contributed by atoms with Crippen molar-refractivity contribution in [3.05, 3.63) is 65.5 Å². The maximum absolute atomic E-state index is 14.0. The normalized spacial score (nSPS) is 13.4. The minimum absolute atomic E-state index is 0.198. The van der Waals surface area contributed by atoms with Crippen LogP contribution in [0.15, 0.2) is 52.1 Å². The summed E-state index contributed by atoms with van der Waals surface area (Å²) in [5.74, 6) is -2.18. The third-order valence-corrected chi connectivity index (χ3v) is 6.21. The van der Waals surface area contributed by atoms with Crippen LogP contribution in [0, 0.1) is 11.6 Å². The van der Waals surface area contributed by atoms with E-state index in [0.717, 1.165) is 29.3 Å². The smallest absolute Gasteiger partial charge is 0.269 e. The van der Waals surface area contributed by atoms with Crippen molar-refractivity contribution >= 4 is 26.8 Å². The minimum Gasteiger partial charge on any atom is -0.492 e. The number of halogens is 2. The molecule has 0 fully saturated rings. The van der Waals surface area contributed by atoms with Gasteiger partial charge in [-0.2, -0.15) is 5.10 Å². The number of hydrogen-bond acceptors (Lipinski definition) is 6. The van der Waals surface area contributed by atoms with Gasteiger partial charge in [0.1, 0.15) is 22.8 Å². The number of sulfonamides is 1. The summed E-state index contributed by atoms with van der Waals surface area (Å²) in [7, 11) is -4.60. The number of nitrogens with zero attached hydrogens (tertiary/aromatic N) is 3. The number of benzene rings is 2. The second-order valence-corrected chi connectivity index (χ2v) is 8.33. The molecule has 0 saturated carbocycles. The van der Waals surface area contributed by atoms with Gasteiger partial charge in [0.15, 0.2) is 16.3 Å². The van der Waals surface area contributed by atoms with Crippen molar-refractivity contribution in [3.63, 3.8) is 0 Å². The highest BCUT2D eigenvalue weighted by atomic mass is 32.2. The average molecular weight is 432 g/mol. The number of aromatic nitrogens is 3. The molecule has 1 aliphatic heterocycles. The van der Waals surface area contributed by atoms with Gasteiger partial charge in [-0.25, -0.2) is 17.2 Å². The Morgan fingerprint density at radius 3 is 2.73 bits per heavy atom. The molecule has 0 bridgehead atoms. The number of hydrogen-bond donors (Lipinski definition) is 1. The van der Waals surface area contributed by atoms with Crippen molar-refractivity contribution in [2.45, 2.75) is 17.9 Å². The van der Waals surface area contributed by atoms with Crippen molar-refractivity contribution < 1.29 is 26.5 Å². The highest BCUT2D eigenvalue weighted by molar-refractivity contribution is 7.92. The van der Waals surface area contributed by atoms with Crippen molar-refractivity contribution in [2.24, 2.45) is 0 Å². The molecular weight excluding hydrogens is 418 g/mol. The zero-order valence-electron chi connectivity index (χ0n) is 15.3. The van der Waals surface area contributed by atoms with Gasteiger partial charge in [-0.3, -0.25) is 9.40 Å². The maximum atomic E-state index is 14.0. The Morgan fingerprint density at radius 1 is 1.20 bits per heavy atom. The maximum Gasteiger partial charge on any atom is 0.269 e. The lowest BCUT2D eigenvalue weighted by Crippen LogP contribution is -2.16. The Bertz CT molecular complexity index is 1350. The van der Waals surface area contributed by atoms with Crippen molar-refractivity contribution in [1.29, 1.82) is 0 Å². The lowest BCUT2D eigenvalue weighted by atomic mass is 10.0. The molecule has 0 aliphatic carbocycles. The fourth-order valence-electron chi connectivity index (χ4n) is 3.55. The molecule has 0 unspecified atom stereocenters. The van der Waals surface area contributed by atoms with Crippen LogP contribution in [0.5, 0.6) is 5.75 Å². The predicted molar refractivity (Wildman–Crippen MR) is 102 cm³/mol. The molecule has 2 aromatic carbocycles. The van der Waals surface area contributed by atoms with Crippen molar-refractivity contribution in [1.82, 2.24) is 14.9 Å². The quantitative estimate of drug-likeness (QED) is 0.520. The fourth-order valence-corrected chi connectivity index (χ4v) is 4.69. The van der Waals surface area contributed by atoms with Crippen LogP contribution in [0.3, 0.4) is 0 Å². The number of nitrogens with one attached hydrogen (secondary N) is 1. The molecule has 0 atom stereocenters. The summed E-state index contributed by atoms with van der Waals surface area (Å²) in [6.45, 7) is 0.872. The van der Waals surface area contributed by atoms with Crippen LogP contribution >= 0.6 is 0 Å². The third kappa shape index (κ3) is 2.98. The van der Waals surface area contributed by atoms with E-state index in [1.807, 2.05) is 6.20 Å². The first-order valence-corrected chi connectivity index (χ1v) is 10.4. The summed E-state index contributed by atoms with van der Waals surface area (Å²) in [5.41, 5.74) is 2.05. The second kappa shape index (κ2) is 6.80. The molecule has 1 aliphatic rings. The van der Waals surface area contributed by atoms with Gasteiger partial charge in [0.2, 0.25) is 0 Å². The molecule has 11 heteroatoms. The highest BCUT2D eigenvalue weighted by Gasteiger charge is 2.30. The molecule has 154 valence electrons. The van der Waals surface area contributed by atoms with E-state index in [0.29, 0.717) is 30.7 Å². The van der Waals surface area contributed by atoms with Crippen LogP contribution in [0.2, 0.25) is 0 Å². The van der Waals surface area contributed by atoms with E-state index in [1.54, 1.807) is 23.0 Å². The largest absolute Gasteiger partial charge is 0.492 e. The van der Waals surface area contributed by atoms with Crippen LogP contribution in [-0.4, -0.2) is 30.0 Å². The Morgan fingerprint density at radius 2 is 2.00 bits per heavy atom. The summed E-state index contributed by atoms with van der Waals surface area (Å²) < 4.78 is 68.2. The SMILES string of the molecule is O=S(=O)(Nc1noc2cc(Cn3cccn3)c3c(c12)OCC3)c1c(F)cccc1F. The van der Waals surface area contributed by atoms with E-state index in [-0.39, 0.29) is 11.4 Å². The van der Waals surface area contributed by atoms with Gasteiger partial charge in [0, 0.05) is 24.4 Å². The number of fused-ring (bicyclic) bond motifs is 3. The van der Waals surface area contributed by atoms with Gasteiger partial charge in [0.05, 0.1) is 13.2 Å². The summed E-state index contributed by atoms with van der Waals surface area (Å²) in [4.78, 5) is -1.09. The molecular formula is C19H14F2N4O4S. The second-order valence-electron chi connectivity index (χ2n) is 6.71. The first kappa shape index (κ1) is 18.6. The summed E-state index contributed by atoms with van der Waals surface area (Å²) in [6.07, 6.45) is 4.09. The number of rotatable bonds is 5. The number of anilines is 1. The zero-order chi connectivity index (χ0) is 20.9. The molecule has 0 radical (unpaired) electrons. The Hall–Kier alpha value is -3.47. The van der Waals surface area contributed by atoms with Gasteiger partial charge in [-0.05, 0) is 29.8 Å². The molecule has 8 nitrogen and oxygen atoms in total. The Kier molecular flexibility index (Phi) is 4.21. The van der Waals surface area contributed by atoms with Gasteiger partial charge >= 0.3 is 0 Å². The zero-order valence-corrected chi connectivity index (χ0v) is 16.1. The molecule has 0 saturated heterocycles. The van der Waals surface area contributed by atoms with Crippen LogP contribution < -0.4 is 9.46 Å². The third-order valence-electron chi connectivity index (χ3n) is 4.82. The molecule has 3 heterocycles. The minimum atomic E-state index is -4.60. The first-order valence-electron chi connectivity index (χ1n) is 8.95. The predicted octanol–water partition coefficient (Wildman–Crippen LogP) is 3.09. The highest BCUT2D eigenvalue weighted by Crippen LogP contribution is 2.41. The van der Waals surface area contributed by atoms with E-state index in [2.05, 4.69) is 15.0 Å². The lowest BCUT2D eigenvalue weighted by molar-refractivity contribution is 0.360. The summed E-state index contributed by atoms with van der Waals surface area (Å²) in [5, 5.41) is 8.25. The van der Waals surface area contributed by atoms with Crippen LogP contribution in [0.25, 0.3) is 11.0 Å². The monoisotopic (exact) mass is 432 g/mol. The molecule has 30 heavy (non-hydrogen) atoms. The lowest BCUT2D eigenvalue weighted by Gasteiger charge is -2.10. The standard InChI is InChI=1S/C19H14F2N4O4S/c20-13-3-1-4-14(21)18(13)30(26,27)24-19-16-15(29-23-19)9-11(10-25-7-2-6-22-25)12-5-8-28-17(12)16/h1-4,6-7,9H,5,8,10H2,(H,23,24). The molecule has 5 rings (SSSR count). The van der Waals surface area contributed by atoms with Crippen molar-refractivity contribution in [3.8, 4) is 5.75 Å². The molecule has 0 amide bonds. The summed E-state index contributed by atoms with van der Waals surface area (Å²) >= 11 is 0. The van der Waals surface area contributed by atoms with E-state index < -0.39 is 26.6 Å². The van der Waals surface area contributed by atoms with E-state index in [9.17, 15) is 17.2 Å².